The van der Waals surface area contributed by atoms with E-state index in [-0.39, 0.29) is 23.9 Å². The summed E-state index contributed by atoms with van der Waals surface area (Å²) in [5, 5.41) is 23.8. The lowest BCUT2D eigenvalue weighted by molar-refractivity contribution is -0.135. The van der Waals surface area contributed by atoms with Gasteiger partial charge in [0.2, 0.25) is 0 Å². The number of aromatic nitrogens is 4. The molecular weight excluding hydrogens is 809 g/mol. The number of carboxylic acid groups (broad SMARTS) is 2. The molecule has 2 saturated heterocycles. The van der Waals surface area contributed by atoms with Gasteiger partial charge in [-0.25, -0.2) is 19.6 Å². The number of aromatic amines is 2. The molecule has 7 aromatic rings. The van der Waals surface area contributed by atoms with Crippen LogP contribution in [0.2, 0.25) is 0 Å². The van der Waals surface area contributed by atoms with E-state index < -0.39 is 24.3 Å². The summed E-state index contributed by atoms with van der Waals surface area (Å²) in [6.07, 6.45) is 4.04. The van der Waals surface area contributed by atoms with Crippen molar-refractivity contribution in [3.8, 4) is 44.8 Å². The number of H-pyrrole nitrogens is 2. The normalized spacial score (nSPS) is 16.9. The number of carbonyl (C=O) groups is 4. The van der Waals surface area contributed by atoms with Gasteiger partial charge in [-0.3, -0.25) is 9.59 Å². The molecule has 322 valence electrons. The number of nitrogens with zero attached hydrogens (tertiary/aromatic N) is 4. The van der Waals surface area contributed by atoms with Gasteiger partial charge >= 0.3 is 12.2 Å². The number of carbonyl (C=O) groups excluding carboxylic acids is 2. The molecule has 0 saturated carbocycles. The lowest BCUT2D eigenvalue weighted by atomic mass is 9.98. The van der Waals surface area contributed by atoms with E-state index in [1.807, 2.05) is 36.4 Å². The summed E-state index contributed by atoms with van der Waals surface area (Å²) in [6, 6.07) is 40.0. The molecule has 64 heavy (non-hydrogen) atoms. The average molecular weight is 855 g/mol. The van der Waals surface area contributed by atoms with Crippen molar-refractivity contribution >= 4 is 24.0 Å². The predicted molar refractivity (Wildman–Crippen MR) is 241 cm³/mol. The van der Waals surface area contributed by atoms with Gasteiger partial charge in [0.05, 0.1) is 35.9 Å². The number of hydrogen-bond acceptors (Lipinski definition) is 6. The topological polar surface area (TPSA) is 197 Å². The Hall–Kier alpha value is -8.00. The van der Waals surface area contributed by atoms with Gasteiger partial charge in [-0.05, 0) is 70.2 Å². The van der Waals surface area contributed by atoms with Gasteiger partial charge in [0.1, 0.15) is 23.7 Å². The zero-order valence-corrected chi connectivity index (χ0v) is 34.7. The van der Waals surface area contributed by atoms with Gasteiger partial charge in [-0.1, -0.05) is 133 Å². The van der Waals surface area contributed by atoms with Crippen molar-refractivity contribution in [1.29, 1.82) is 0 Å². The quantitative estimate of drug-likeness (QED) is 0.0700. The summed E-state index contributed by atoms with van der Waals surface area (Å²) < 4.78 is 0. The van der Waals surface area contributed by atoms with Crippen LogP contribution in [0.3, 0.4) is 0 Å². The minimum atomic E-state index is -1.26. The van der Waals surface area contributed by atoms with Crippen molar-refractivity contribution in [2.75, 3.05) is 13.1 Å². The Labute approximate surface area is 369 Å². The second-order valence-corrected chi connectivity index (χ2v) is 16.1. The molecule has 2 aromatic heterocycles. The van der Waals surface area contributed by atoms with E-state index in [1.165, 1.54) is 0 Å². The maximum Gasteiger partial charge on any atom is 0.405 e. The van der Waals surface area contributed by atoms with E-state index in [0.29, 0.717) is 35.9 Å². The van der Waals surface area contributed by atoms with Gasteiger partial charge < -0.3 is 40.6 Å². The average Bonchev–Trinajstić information content (AvgIpc) is 4.18. The van der Waals surface area contributed by atoms with Gasteiger partial charge in [0, 0.05) is 13.1 Å². The summed E-state index contributed by atoms with van der Waals surface area (Å²) in [4.78, 5) is 70.4. The second kappa shape index (κ2) is 18.2. The van der Waals surface area contributed by atoms with Crippen LogP contribution in [0, 0.1) is 0 Å². The first kappa shape index (κ1) is 41.4. The van der Waals surface area contributed by atoms with Crippen LogP contribution in [-0.2, 0) is 9.59 Å². The molecule has 14 nitrogen and oxygen atoms in total. The minimum absolute atomic E-state index is 0.298. The third kappa shape index (κ3) is 8.71. The molecule has 0 radical (unpaired) electrons. The monoisotopic (exact) mass is 854 g/mol. The van der Waals surface area contributed by atoms with Gasteiger partial charge in [-0.2, -0.15) is 0 Å². The largest absolute Gasteiger partial charge is 0.465 e. The highest BCUT2D eigenvalue weighted by Gasteiger charge is 2.38. The van der Waals surface area contributed by atoms with Crippen LogP contribution in [0.5, 0.6) is 0 Å². The molecule has 4 atom stereocenters. The fraction of sp³-hybridized carbons (Fsp3) is 0.200. The van der Waals surface area contributed by atoms with Crippen LogP contribution >= 0.6 is 0 Å². The number of likely N-dealkylation sites (tertiary alicyclic amines) is 2. The van der Waals surface area contributed by atoms with Gasteiger partial charge in [0.15, 0.2) is 0 Å². The highest BCUT2D eigenvalue weighted by Crippen LogP contribution is 2.36. The lowest BCUT2D eigenvalue weighted by Crippen LogP contribution is -2.42. The molecule has 2 fully saturated rings. The van der Waals surface area contributed by atoms with Crippen LogP contribution in [0.4, 0.5) is 9.59 Å². The number of hydrogen-bond donors (Lipinski definition) is 6. The van der Waals surface area contributed by atoms with Crippen molar-refractivity contribution in [3.05, 3.63) is 169 Å². The Balaban J connectivity index is 0.836. The van der Waals surface area contributed by atoms with E-state index in [2.05, 4.69) is 79.1 Å². The first-order valence-electron chi connectivity index (χ1n) is 21.3. The van der Waals surface area contributed by atoms with Crippen molar-refractivity contribution in [1.82, 2.24) is 40.4 Å². The highest BCUT2D eigenvalue weighted by atomic mass is 16.4. The molecule has 4 heterocycles. The molecule has 2 aliphatic rings. The molecule has 0 aliphatic carbocycles. The smallest absolute Gasteiger partial charge is 0.405 e. The zero-order valence-electron chi connectivity index (χ0n) is 34.7. The summed E-state index contributed by atoms with van der Waals surface area (Å²) in [6.45, 7) is 1.02. The van der Waals surface area contributed by atoms with E-state index in [9.17, 15) is 29.4 Å². The number of imidazole rings is 2. The Kier molecular flexibility index (Phi) is 11.7. The van der Waals surface area contributed by atoms with Crippen molar-refractivity contribution < 1.29 is 29.4 Å². The Morgan fingerprint density at radius 3 is 1.16 bits per heavy atom. The summed E-state index contributed by atoms with van der Waals surface area (Å²) in [5.41, 5.74) is 8.98. The first-order valence-corrected chi connectivity index (χ1v) is 21.3. The second-order valence-electron chi connectivity index (χ2n) is 16.1. The molecule has 0 spiro atoms. The van der Waals surface area contributed by atoms with Crippen LogP contribution in [0.25, 0.3) is 44.8 Å². The van der Waals surface area contributed by atoms with E-state index >= 15 is 0 Å². The van der Waals surface area contributed by atoms with Gasteiger partial charge in [0.25, 0.3) is 11.8 Å². The Morgan fingerprint density at radius 1 is 0.500 bits per heavy atom. The van der Waals surface area contributed by atoms with Crippen LogP contribution in [0.1, 0.15) is 72.6 Å². The van der Waals surface area contributed by atoms with Crippen LogP contribution in [0.15, 0.2) is 146 Å². The minimum Gasteiger partial charge on any atom is -0.465 e. The zero-order chi connectivity index (χ0) is 44.2. The maximum atomic E-state index is 13.7. The van der Waals surface area contributed by atoms with Crippen LogP contribution in [-0.4, -0.2) is 77.0 Å². The summed E-state index contributed by atoms with van der Waals surface area (Å²) in [5.74, 6) is 0.726. The number of benzene rings is 5. The first-order chi connectivity index (χ1) is 31.2. The standard InChI is InChI=1S/C50H46N8O6/c59-47(43(55-49(61)62)37-9-3-1-4-10-37)57-27-7-13-41(57)45-51-29-39(53-45)35-23-19-33(20-24-35)31-15-17-32(18-16-31)34-21-25-36(26-22-34)40-30-52-46(54-40)42-14-8-28-58(42)48(60)44(56-50(63)64)38-11-5-2-6-12-38/h1-6,9-12,15-26,29-30,41-44,55-56H,7-8,13-14,27-28H2,(H,51,53)(H,52,54)(H,61,62)(H,63,64)/t41-,42?,43+,44?/m0/s1. The van der Waals surface area contributed by atoms with Crippen LogP contribution < -0.4 is 10.6 Å². The van der Waals surface area contributed by atoms with Crippen molar-refractivity contribution in [3.63, 3.8) is 0 Å². The third-order valence-electron chi connectivity index (χ3n) is 12.1. The molecule has 2 aliphatic heterocycles. The van der Waals surface area contributed by atoms with E-state index in [1.54, 1.807) is 70.7 Å². The van der Waals surface area contributed by atoms with Crippen molar-refractivity contribution in [2.24, 2.45) is 0 Å². The fourth-order valence-electron chi connectivity index (χ4n) is 8.92. The molecule has 0 bridgehead atoms. The Morgan fingerprint density at radius 2 is 0.828 bits per heavy atom. The SMILES string of the molecule is O=C(O)NC(C(=O)N1CCCC1c1ncc(-c2ccc(-c3ccc(-c4ccc(-c5cnc([C@@H]6CCCN6C(=O)[C@H](NC(=O)O)c6ccccc6)[nH]5)cc4)cc3)cc2)[nH]1)c1ccccc1. The van der Waals surface area contributed by atoms with Gasteiger partial charge in [-0.15, -0.1) is 0 Å². The highest BCUT2D eigenvalue weighted by molar-refractivity contribution is 5.88. The molecule has 4 amide bonds. The number of rotatable bonds is 12. The summed E-state index contributed by atoms with van der Waals surface area (Å²) in [7, 11) is 0. The number of amides is 4. The summed E-state index contributed by atoms with van der Waals surface area (Å²) >= 11 is 0. The van der Waals surface area contributed by atoms with E-state index in [4.69, 9.17) is 0 Å². The molecule has 9 rings (SSSR count). The molecule has 2 unspecified atom stereocenters. The molecule has 14 heteroatoms. The molecular formula is C50H46N8O6. The third-order valence-corrected chi connectivity index (χ3v) is 12.1. The lowest BCUT2D eigenvalue weighted by Gasteiger charge is -2.28. The number of nitrogens with one attached hydrogen (secondary N) is 4. The Bertz CT molecular complexity index is 2570. The van der Waals surface area contributed by atoms with Crippen molar-refractivity contribution in [2.45, 2.75) is 49.9 Å². The fourth-order valence-corrected chi connectivity index (χ4v) is 8.92. The predicted octanol–water partition coefficient (Wildman–Crippen LogP) is 9.15. The maximum absolute atomic E-state index is 13.7. The molecule has 6 N–H and O–H groups in total. The molecule has 5 aromatic carbocycles. The van der Waals surface area contributed by atoms with E-state index in [0.717, 1.165) is 70.5 Å².